The van der Waals surface area contributed by atoms with E-state index in [2.05, 4.69) is 4.74 Å². The Hall–Kier alpha value is -1.96. The molecule has 1 aromatic carbocycles. The lowest BCUT2D eigenvalue weighted by Crippen LogP contribution is -2.10. The number of carbonyl (C=O) groups is 1. The van der Waals surface area contributed by atoms with Gasteiger partial charge >= 0.3 is 18.3 Å². The summed E-state index contributed by atoms with van der Waals surface area (Å²) in [7, 11) is 0. The summed E-state index contributed by atoms with van der Waals surface area (Å²) in [5.74, 6) is -2.69. The van der Waals surface area contributed by atoms with Crippen molar-refractivity contribution in [3.63, 3.8) is 0 Å². The van der Waals surface area contributed by atoms with E-state index in [1.807, 2.05) is 0 Å². The second-order valence-electron chi connectivity index (χ2n) is 2.74. The second-order valence-corrected chi connectivity index (χ2v) is 3.18. The van der Waals surface area contributed by atoms with Crippen molar-refractivity contribution in [3.05, 3.63) is 32.8 Å². The van der Waals surface area contributed by atoms with E-state index in [9.17, 15) is 23.7 Å². The van der Waals surface area contributed by atoms with E-state index in [4.69, 9.17) is 16.7 Å². The predicted molar refractivity (Wildman–Crippen MR) is 51.7 cm³/mol. The number of benzene rings is 1. The lowest BCUT2D eigenvalue weighted by Gasteiger charge is -2.08. The fourth-order valence-electron chi connectivity index (χ4n) is 1.09. The van der Waals surface area contributed by atoms with Gasteiger partial charge in [0.05, 0.1) is 4.92 Å². The molecule has 0 aromatic heterocycles. The number of nitro benzene ring substituents is 1. The minimum atomic E-state index is -3.38. The van der Waals surface area contributed by atoms with Crippen LogP contribution in [0.5, 0.6) is 5.75 Å². The third kappa shape index (κ3) is 3.00. The maximum atomic E-state index is 12.0. The highest BCUT2D eigenvalue weighted by atomic mass is 35.5. The predicted octanol–water partition coefficient (Wildman–Crippen LogP) is 2.55. The van der Waals surface area contributed by atoms with Crippen LogP contribution < -0.4 is 4.74 Å². The molecule has 0 bridgehead atoms. The smallest absolute Gasteiger partial charge is 0.387 e. The van der Waals surface area contributed by atoms with E-state index >= 15 is 0 Å². The molecule has 1 N–H and O–H groups in total. The molecule has 0 aliphatic heterocycles. The van der Waals surface area contributed by atoms with Crippen LogP contribution in [0.4, 0.5) is 14.5 Å². The van der Waals surface area contributed by atoms with Gasteiger partial charge in [0.2, 0.25) is 5.75 Å². The SMILES string of the molecule is O=C(O)c1cc(Cl)cc([N+](=O)[O-])c1OC(F)F. The average molecular weight is 268 g/mol. The zero-order chi connectivity index (χ0) is 13.2. The molecular formula is C8H4ClF2NO5. The van der Waals surface area contributed by atoms with Gasteiger partial charge < -0.3 is 9.84 Å². The summed E-state index contributed by atoms with van der Waals surface area (Å²) in [6.45, 7) is -3.38. The monoisotopic (exact) mass is 267 g/mol. The topological polar surface area (TPSA) is 89.7 Å². The Bertz CT molecular complexity index is 444. The number of ether oxygens (including phenoxy) is 1. The molecule has 0 heterocycles. The number of hydrogen-bond acceptors (Lipinski definition) is 4. The van der Waals surface area contributed by atoms with Gasteiger partial charge in [-0.25, -0.2) is 4.79 Å². The van der Waals surface area contributed by atoms with Gasteiger partial charge in [-0.2, -0.15) is 8.78 Å². The summed E-state index contributed by atoms with van der Waals surface area (Å²) in [6.07, 6.45) is 0. The summed E-state index contributed by atoms with van der Waals surface area (Å²) in [5.41, 5.74) is -1.74. The first-order valence-corrected chi connectivity index (χ1v) is 4.36. The Morgan fingerprint density at radius 2 is 2.12 bits per heavy atom. The molecule has 0 atom stereocenters. The largest absolute Gasteiger partial charge is 0.478 e. The first-order valence-electron chi connectivity index (χ1n) is 3.99. The van der Waals surface area contributed by atoms with E-state index < -0.39 is 34.5 Å². The second kappa shape index (κ2) is 4.91. The van der Waals surface area contributed by atoms with Crippen LogP contribution in [0.2, 0.25) is 5.02 Å². The number of nitrogens with zero attached hydrogens (tertiary/aromatic N) is 1. The number of aromatic carboxylic acids is 1. The van der Waals surface area contributed by atoms with Crippen molar-refractivity contribution in [1.82, 2.24) is 0 Å². The molecule has 17 heavy (non-hydrogen) atoms. The van der Waals surface area contributed by atoms with E-state index in [0.717, 1.165) is 12.1 Å². The number of carboxylic acid groups (broad SMARTS) is 1. The van der Waals surface area contributed by atoms with Crippen molar-refractivity contribution >= 4 is 23.3 Å². The molecule has 0 unspecified atom stereocenters. The lowest BCUT2D eigenvalue weighted by molar-refractivity contribution is -0.386. The molecule has 0 spiro atoms. The van der Waals surface area contributed by atoms with Gasteiger partial charge in [-0.3, -0.25) is 10.1 Å². The van der Waals surface area contributed by atoms with Gasteiger partial charge in [0.15, 0.2) is 0 Å². The molecule has 0 aliphatic carbocycles. The number of alkyl halides is 2. The molecule has 9 heteroatoms. The highest BCUT2D eigenvalue weighted by molar-refractivity contribution is 6.31. The zero-order valence-corrected chi connectivity index (χ0v) is 8.65. The van der Waals surface area contributed by atoms with Crippen LogP contribution in [-0.2, 0) is 0 Å². The minimum absolute atomic E-state index is 0.268. The molecule has 6 nitrogen and oxygen atoms in total. The molecule has 0 aliphatic rings. The van der Waals surface area contributed by atoms with Crippen LogP contribution in [0.3, 0.4) is 0 Å². The minimum Gasteiger partial charge on any atom is -0.478 e. The first-order chi connectivity index (χ1) is 7.82. The number of halogens is 3. The van der Waals surface area contributed by atoms with Crippen LogP contribution in [0.1, 0.15) is 10.4 Å². The number of carboxylic acids is 1. The Kier molecular flexibility index (Phi) is 3.79. The number of rotatable bonds is 4. The third-order valence-electron chi connectivity index (χ3n) is 1.67. The van der Waals surface area contributed by atoms with Gasteiger partial charge in [-0.05, 0) is 6.07 Å². The maximum Gasteiger partial charge on any atom is 0.387 e. The average Bonchev–Trinajstić information content (AvgIpc) is 2.18. The fourth-order valence-corrected chi connectivity index (χ4v) is 1.30. The van der Waals surface area contributed by atoms with E-state index in [1.54, 1.807) is 0 Å². The zero-order valence-electron chi connectivity index (χ0n) is 7.89. The maximum absolute atomic E-state index is 12.0. The molecule has 0 fully saturated rings. The Morgan fingerprint density at radius 1 is 1.53 bits per heavy atom. The molecule has 1 aromatic rings. The van der Waals surface area contributed by atoms with Crippen molar-refractivity contribution in [2.24, 2.45) is 0 Å². The summed E-state index contributed by atoms with van der Waals surface area (Å²) in [6, 6.07) is 1.51. The Labute approximate surface area is 97.5 Å². The normalized spacial score (nSPS) is 10.4. The molecule has 1 rings (SSSR count). The molecule has 0 amide bonds. The van der Waals surface area contributed by atoms with Gasteiger partial charge in [0.25, 0.3) is 0 Å². The van der Waals surface area contributed by atoms with Crippen LogP contribution in [0.15, 0.2) is 12.1 Å². The molecular weight excluding hydrogens is 264 g/mol. The summed E-state index contributed by atoms with van der Waals surface area (Å²) in [4.78, 5) is 20.2. The van der Waals surface area contributed by atoms with Crippen molar-refractivity contribution in [2.45, 2.75) is 6.61 Å². The van der Waals surface area contributed by atoms with Gasteiger partial charge in [-0.15, -0.1) is 0 Å². The summed E-state index contributed by atoms with van der Waals surface area (Å²) in [5, 5.41) is 19.0. The van der Waals surface area contributed by atoms with Crippen molar-refractivity contribution in [2.75, 3.05) is 0 Å². The third-order valence-corrected chi connectivity index (χ3v) is 1.89. The standard InChI is InChI=1S/C8H4ClF2NO5/c9-3-1-4(7(13)14)6(17-8(10)11)5(2-3)12(15)16/h1-2,8H,(H,13,14). The molecule has 0 radical (unpaired) electrons. The Balaban J connectivity index is 3.47. The quantitative estimate of drug-likeness (QED) is 0.669. The van der Waals surface area contributed by atoms with Crippen molar-refractivity contribution in [3.8, 4) is 5.75 Å². The first kappa shape index (κ1) is 13.1. The molecule has 92 valence electrons. The number of hydrogen-bond donors (Lipinski definition) is 1. The van der Waals surface area contributed by atoms with Crippen LogP contribution in [0.25, 0.3) is 0 Å². The van der Waals surface area contributed by atoms with Crippen molar-refractivity contribution in [1.29, 1.82) is 0 Å². The van der Waals surface area contributed by atoms with E-state index in [1.165, 1.54) is 0 Å². The van der Waals surface area contributed by atoms with Crippen molar-refractivity contribution < 1.29 is 28.3 Å². The van der Waals surface area contributed by atoms with E-state index in [0.29, 0.717) is 0 Å². The van der Waals surface area contributed by atoms with Crippen LogP contribution in [0, 0.1) is 10.1 Å². The number of nitro groups is 1. The lowest BCUT2D eigenvalue weighted by atomic mass is 10.1. The van der Waals surface area contributed by atoms with Crippen LogP contribution >= 0.6 is 11.6 Å². The summed E-state index contributed by atoms with van der Waals surface area (Å²) < 4.78 is 27.9. The van der Waals surface area contributed by atoms with Crippen LogP contribution in [-0.4, -0.2) is 22.6 Å². The molecule has 0 saturated carbocycles. The van der Waals surface area contributed by atoms with Gasteiger partial charge in [-0.1, -0.05) is 11.6 Å². The fraction of sp³-hybridized carbons (Fsp3) is 0.125. The van der Waals surface area contributed by atoms with E-state index in [-0.39, 0.29) is 5.02 Å². The van der Waals surface area contributed by atoms with Gasteiger partial charge in [0, 0.05) is 11.1 Å². The summed E-state index contributed by atoms with van der Waals surface area (Å²) >= 11 is 5.44. The highest BCUT2D eigenvalue weighted by Gasteiger charge is 2.27. The highest BCUT2D eigenvalue weighted by Crippen LogP contribution is 2.35. The molecule has 0 saturated heterocycles. The Morgan fingerprint density at radius 3 is 2.53 bits per heavy atom. The van der Waals surface area contributed by atoms with Gasteiger partial charge in [0.1, 0.15) is 5.56 Å².